The summed E-state index contributed by atoms with van der Waals surface area (Å²) in [6.45, 7) is 1.99. The van der Waals surface area contributed by atoms with Gasteiger partial charge < -0.3 is 16.2 Å². The Labute approximate surface area is 122 Å². The third-order valence-corrected chi connectivity index (χ3v) is 4.15. The summed E-state index contributed by atoms with van der Waals surface area (Å²) in [4.78, 5) is 11.1. The first-order valence-corrected chi connectivity index (χ1v) is 7.83. The highest BCUT2D eigenvalue weighted by Gasteiger charge is 2.15. The van der Waals surface area contributed by atoms with Gasteiger partial charge in [-0.3, -0.25) is 0 Å². The van der Waals surface area contributed by atoms with Gasteiger partial charge in [-0.2, -0.15) is 0 Å². The van der Waals surface area contributed by atoms with Crippen LogP contribution in [0.4, 0.5) is 11.4 Å². The van der Waals surface area contributed by atoms with E-state index in [1.807, 2.05) is 0 Å². The molecule has 0 aromatic heterocycles. The van der Waals surface area contributed by atoms with Crippen molar-refractivity contribution in [1.29, 1.82) is 0 Å². The molecule has 0 aliphatic rings. The number of nitrogens with one attached hydrogen (secondary N) is 2. The minimum absolute atomic E-state index is 0.0270. The molecule has 9 heteroatoms. The average molecular weight is 322 g/mol. The molecule has 0 fully saturated rings. The minimum atomic E-state index is -3.38. The van der Waals surface area contributed by atoms with Gasteiger partial charge in [0, 0.05) is 18.8 Å². The zero-order valence-corrected chi connectivity index (χ0v) is 12.4. The van der Waals surface area contributed by atoms with Gasteiger partial charge in [0.25, 0.3) is 0 Å². The first kappa shape index (κ1) is 16.5. The van der Waals surface area contributed by atoms with Gasteiger partial charge >= 0.3 is 5.97 Å². The van der Waals surface area contributed by atoms with Gasteiger partial charge in [-0.05, 0) is 12.1 Å². The topological polar surface area (TPSA) is 122 Å². The van der Waals surface area contributed by atoms with Crippen molar-refractivity contribution in [3.63, 3.8) is 0 Å². The predicted molar refractivity (Wildman–Crippen MR) is 78.8 cm³/mol. The summed E-state index contributed by atoms with van der Waals surface area (Å²) in [7, 11) is -3.38. The molecule has 7 nitrogen and oxygen atoms in total. The average Bonchev–Trinajstić information content (AvgIpc) is 2.30. The van der Waals surface area contributed by atoms with Crippen molar-refractivity contribution < 1.29 is 18.3 Å². The van der Waals surface area contributed by atoms with E-state index in [-0.39, 0.29) is 34.3 Å². The van der Waals surface area contributed by atoms with Gasteiger partial charge in [-0.15, -0.1) is 0 Å². The number of rotatable bonds is 7. The van der Waals surface area contributed by atoms with Crippen LogP contribution in [0.5, 0.6) is 0 Å². The highest BCUT2D eigenvalue weighted by molar-refractivity contribution is 7.89. The quantitative estimate of drug-likeness (QED) is 0.555. The van der Waals surface area contributed by atoms with Gasteiger partial charge in [0.15, 0.2) is 0 Å². The summed E-state index contributed by atoms with van der Waals surface area (Å²) in [6, 6.07) is 2.66. The van der Waals surface area contributed by atoms with E-state index in [2.05, 4.69) is 10.0 Å². The molecule has 5 N–H and O–H groups in total. The van der Waals surface area contributed by atoms with Crippen molar-refractivity contribution in [3.8, 4) is 0 Å². The summed E-state index contributed by atoms with van der Waals surface area (Å²) >= 11 is 5.92. The fourth-order valence-corrected chi connectivity index (χ4v) is 2.83. The highest BCUT2D eigenvalue weighted by atomic mass is 35.5. The number of anilines is 2. The van der Waals surface area contributed by atoms with Gasteiger partial charge in [0.1, 0.15) is 0 Å². The van der Waals surface area contributed by atoms with Crippen LogP contribution in [0, 0.1) is 0 Å². The van der Waals surface area contributed by atoms with Crippen molar-refractivity contribution >= 4 is 39.0 Å². The normalized spacial score (nSPS) is 11.3. The van der Waals surface area contributed by atoms with Gasteiger partial charge in [0.05, 0.1) is 22.0 Å². The van der Waals surface area contributed by atoms with Crippen molar-refractivity contribution in [1.82, 2.24) is 4.72 Å². The summed E-state index contributed by atoms with van der Waals surface area (Å²) in [5.74, 6) is -1.39. The smallest absolute Gasteiger partial charge is 0.337 e. The van der Waals surface area contributed by atoms with Crippen LogP contribution in [0.2, 0.25) is 5.02 Å². The van der Waals surface area contributed by atoms with E-state index in [1.165, 1.54) is 12.1 Å². The predicted octanol–water partition coefficient (Wildman–Crippen LogP) is 0.972. The molecule has 0 aliphatic carbocycles. The van der Waals surface area contributed by atoms with Crippen LogP contribution in [0.3, 0.4) is 0 Å². The molecule has 1 aromatic rings. The molecule has 0 saturated heterocycles. The van der Waals surface area contributed by atoms with Crippen molar-refractivity contribution in [2.45, 2.75) is 6.92 Å². The molecule has 20 heavy (non-hydrogen) atoms. The lowest BCUT2D eigenvalue weighted by Crippen LogP contribution is -2.29. The van der Waals surface area contributed by atoms with Crippen LogP contribution in [-0.4, -0.2) is 38.3 Å². The third-order valence-electron chi connectivity index (χ3n) is 2.38. The lowest BCUT2D eigenvalue weighted by molar-refractivity contribution is 0.0698. The van der Waals surface area contributed by atoms with Crippen LogP contribution in [0.25, 0.3) is 0 Å². The molecule has 1 aromatic carbocycles. The standard InChI is InChI=1S/C11H16ClN3O4S/c1-2-15-20(18,19)4-3-14-10-8(11(16)17)5-7(13)6-9(10)12/h5-6,14-15H,2-4,13H2,1H3,(H,16,17). The number of halogens is 1. The second-order valence-electron chi connectivity index (χ2n) is 3.97. The Morgan fingerprint density at radius 3 is 2.65 bits per heavy atom. The molecular weight excluding hydrogens is 306 g/mol. The maximum atomic E-state index is 11.5. The Balaban J connectivity index is 2.86. The highest BCUT2D eigenvalue weighted by Crippen LogP contribution is 2.29. The zero-order valence-electron chi connectivity index (χ0n) is 10.8. The maximum absolute atomic E-state index is 11.5. The number of aromatic carboxylic acids is 1. The summed E-state index contributed by atoms with van der Waals surface area (Å²) in [5, 5.41) is 11.9. The first-order chi connectivity index (χ1) is 9.26. The largest absolute Gasteiger partial charge is 0.478 e. The molecule has 0 radical (unpaired) electrons. The zero-order chi connectivity index (χ0) is 15.3. The second kappa shape index (κ2) is 6.78. The van der Waals surface area contributed by atoms with Crippen LogP contribution >= 0.6 is 11.6 Å². The van der Waals surface area contributed by atoms with Crippen molar-refractivity contribution in [2.75, 3.05) is 29.9 Å². The molecule has 0 heterocycles. The second-order valence-corrected chi connectivity index (χ2v) is 6.31. The van der Waals surface area contributed by atoms with Crippen molar-refractivity contribution in [2.24, 2.45) is 0 Å². The van der Waals surface area contributed by atoms with Gasteiger partial charge in [-0.25, -0.2) is 17.9 Å². The Morgan fingerprint density at radius 2 is 2.10 bits per heavy atom. The number of carboxylic acids is 1. The first-order valence-electron chi connectivity index (χ1n) is 5.80. The molecule has 0 aliphatic heterocycles. The molecule has 0 spiro atoms. The van der Waals surface area contributed by atoms with Crippen LogP contribution in [0.1, 0.15) is 17.3 Å². The third kappa shape index (κ3) is 4.55. The van der Waals surface area contributed by atoms with E-state index in [4.69, 9.17) is 22.4 Å². The van der Waals surface area contributed by atoms with Crippen LogP contribution in [-0.2, 0) is 10.0 Å². The van der Waals surface area contributed by atoms with Crippen molar-refractivity contribution in [3.05, 3.63) is 22.7 Å². The summed E-state index contributed by atoms with van der Waals surface area (Å²) in [5.41, 5.74) is 5.79. The molecular formula is C11H16ClN3O4S. The number of sulfonamides is 1. The molecule has 0 saturated carbocycles. The van der Waals surface area contributed by atoms with Gasteiger partial charge in [-0.1, -0.05) is 18.5 Å². The Morgan fingerprint density at radius 1 is 1.45 bits per heavy atom. The molecule has 0 unspecified atom stereocenters. The number of nitrogen functional groups attached to an aromatic ring is 1. The fraction of sp³-hybridized carbons (Fsp3) is 0.364. The monoisotopic (exact) mass is 321 g/mol. The fourth-order valence-electron chi connectivity index (χ4n) is 1.58. The van der Waals surface area contributed by atoms with Crippen LogP contribution in [0.15, 0.2) is 12.1 Å². The number of hydrogen-bond acceptors (Lipinski definition) is 5. The van der Waals surface area contributed by atoms with E-state index >= 15 is 0 Å². The van der Waals surface area contributed by atoms with E-state index in [1.54, 1.807) is 6.92 Å². The summed E-state index contributed by atoms with van der Waals surface area (Å²) in [6.07, 6.45) is 0. The molecule has 0 atom stereocenters. The minimum Gasteiger partial charge on any atom is -0.478 e. The molecule has 1 rings (SSSR count). The molecule has 112 valence electrons. The maximum Gasteiger partial charge on any atom is 0.337 e. The van der Waals surface area contributed by atoms with Gasteiger partial charge in [0.2, 0.25) is 10.0 Å². The number of nitrogens with two attached hydrogens (primary N) is 1. The van der Waals surface area contributed by atoms with E-state index < -0.39 is 16.0 Å². The van der Waals surface area contributed by atoms with E-state index in [9.17, 15) is 13.2 Å². The number of hydrogen-bond donors (Lipinski definition) is 4. The SMILES string of the molecule is CCNS(=O)(=O)CCNc1c(Cl)cc(N)cc1C(=O)O. The molecule has 0 amide bonds. The Hall–Kier alpha value is -1.51. The molecule has 0 bridgehead atoms. The summed E-state index contributed by atoms with van der Waals surface area (Å²) < 4.78 is 25.2. The number of carbonyl (C=O) groups is 1. The van der Waals surface area contributed by atoms with E-state index in [0.29, 0.717) is 6.54 Å². The van der Waals surface area contributed by atoms with Crippen LogP contribution < -0.4 is 15.8 Å². The Kier molecular flexibility index (Phi) is 5.61. The Bertz CT molecular complexity index is 604. The number of carboxylic acid groups (broad SMARTS) is 1. The van der Waals surface area contributed by atoms with E-state index in [0.717, 1.165) is 0 Å². The lowest BCUT2D eigenvalue weighted by atomic mass is 10.1. The lowest BCUT2D eigenvalue weighted by Gasteiger charge is -2.12. The number of benzene rings is 1.